The van der Waals surface area contributed by atoms with E-state index in [-0.39, 0.29) is 6.04 Å². The van der Waals surface area contributed by atoms with E-state index in [0.717, 1.165) is 29.1 Å². The van der Waals surface area contributed by atoms with E-state index in [1.165, 1.54) is 5.56 Å². The smallest absolute Gasteiger partial charge is 0.189 e. The van der Waals surface area contributed by atoms with Crippen LogP contribution in [-0.4, -0.2) is 29.5 Å². The quantitative estimate of drug-likeness (QED) is 0.553. The molecular weight excluding hydrogens is 266 g/mol. The highest BCUT2D eigenvalue weighted by Crippen LogP contribution is 2.33. The number of nitrogens with zero attached hydrogens (tertiary/aromatic N) is 5. The predicted octanol–water partition coefficient (Wildman–Crippen LogP) is 1.71. The van der Waals surface area contributed by atoms with E-state index in [1.54, 1.807) is 12.7 Å². The lowest BCUT2D eigenvalue weighted by atomic mass is 10.1. The van der Waals surface area contributed by atoms with Crippen LogP contribution in [0.4, 0.5) is 5.69 Å². The summed E-state index contributed by atoms with van der Waals surface area (Å²) in [5, 5.41) is 12.1. The molecule has 1 unspecified atom stereocenters. The van der Waals surface area contributed by atoms with Crippen molar-refractivity contribution in [1.29, 1.82) is 0 Å². The molecule has 2 N–H and O–H groups in total. The molecule has 0 fully saturated rings. The number of H-pyrrole nitrogens is 1. The van der Waals surface area contributed by atoms with Gasteiger partial charge in [0.15, 0.2) is 17.1 Å². The van der Waals surface area contributed by atoms with Crippen molar-refractivity contribution in [2.45, 2.75) is 12.5 Å². The summed E-state index contributed by atoms with van der Waals surface area (Å²) in [6, 6.07) is 8.42. The number of hydrogen-bond donors (Lipinski definition) is 2. The van der Waals surface area contributed by atoms with Gasteiger partial charge in [-0.1, -0.05) is 18.2 Å². The minimum Gasteiger partial charge on any atom is -0.375 e. The van der Waals surface area contributed by atoms with E-state index in [0.29, 0.717) is 5.65 Å². The van der Waals surface area contributed by atoms with Gasteiger partial charge in [0.1, 0.15) is 11.8 Å². The van der Waals surface area contributed by atoms with Gasteiger partial charge in [0.25, 0.3) is 0 Å². The summed E-state index contributed by atoms with van der Waals surface area (Å²) in [7, 11) is 0. The zero-order valence-electron chi connectivity index (χ0n) is 11.0. The van der Waals surface area contributed by atoms with Crippen molar-refractivity contribution in [1.82, 2.24) is 29.5 Å². The Bertz CT molecular complexity index is 943. The van der Waals surface area contributed by atoms with Gasteiger partial charge in [0, 0.05) is 12.1 Å². The van der Waals surface area contributed by atoms with E-state index < -0.39 is 0 Å². The fourth-order valence-corrected chi connectivity index (χ4v) is 2.94. The van der Waals surface area contributed by atoms with Crippen molar-refractivity contribution in [3.8, 4) is 0 Å². The van der Waals surface area contributed by atoms with Crippen LogP contribution in [0.5, 0.6) is 0 Å². The molecular formula is C14H11N7. The molecule has 3 aromatic heterocycles. The Morgan fingerprint density at radius 3 is 3.05 bits per heavy atom. The number of hydrogen-bond acceptors (Lipinski definition) is 5. The number of fused-ring (bicyclic) bond motifs is 4. The summed E-state index contributed by atoms with van der Waals surface area (Å²) >= 11 is 0. The molecule has 7 nitrogen and oxygen atoms in total. The summed E-state index contributed by atoms with van der Waals surface area (Å²) in [4.78, 5) is 11.5. The largest absolute Gasteiger partial charge is 0.375 e. The molecule has 1 aromatic carbocycles. The van der Waals surface area contributed by atoms with Gasteiger partial charge in [-0.15, -0.1) is 10.2 Å². The molecule has 21 heavy (non-hydrogen) atoms. The summed E-state index contributed by atoms with van der Waals surface area (Å²) in [5.74, 6) is 0.866. The van der Waals surface area contributed by atoms with Gasteiger partial charge >= 0.3 is 0 Å². The predicted molar refractivity (Wildman–Crippen MR) is 76.9 cm³/mol. The van der Waals surface area contributed by atoms with Gasteiger partial charge in [-0.25, -0.2) is 9.97 Å². The van der Waals surface area contributed by atoms with Crippen LogP contribution in [0.25, 0.3) is 16.8 Å². The van der Waals surface area contributed by atoms with Gasteiger partial charge in [0.2, 0.25) is 0 Å². The van der Waals surface area contributed by atoms with Crippen molar-refractivity contribution in [2.24, 2.45) is 0 Å². The maximum Gasteiger partial charge on any atom is 0.189 e. The topological polar surface area (TPSA) is 83.8 Å². The van der Waals surface area contributed by atoms with Gasteiger partial charge in [-0.05, 0) is 11.6 Å². The summed E-state index contributed by atoms with van der Waals surface area (Å²) in [6.45, 7) is 0. The Labute approximate surface area is 119 Å². The van der Waals surface area contributed by atoms with Crippen LogP contribution in [0.1, 0.15) is 17.4 Å². The standard InChI is InChI=1S/C14H11N7/c1-2-4-9-8(3-1)5-10(18-9)13-19-20-14-11-12(16-6-15-11)17-7-21(13)14/h1-4,6-7,10,18H,5H2,(H,15,16). The fraction of sp³-hybridized carbons (Fsp3) is 0.143. The lowest BCUT2D eigenvalue weighted by Gasteiger charge is -2.08. The SMILES string of the molecule is c1ccc2c(c1)CC(c1nnc3c4[nH]cnc4ncn13)N2. The number of para-hydroxylation sites is 1. The van der Waals surface area contributed by atoms with E-state index in [1.807, 2.05) is 10.5 Å². The number of anilines is 1. The van der Waals surface area contributed by atoms with E-state index in [4.69, 9.17) is 0 Å². The van der Waals surface area contributed by atoms with Crippen LogP contribution in [0.2, 0.25) is 0 Å². The average molecular weight is 277 g/mol. The Morgan fingerprint density at radius 1 is 1.14 bits per heavy atom. The molecule has 0 radical (unpaired) electrons. The second-order valence-electron chi connectivity index (χ2n) is 5.16. The fourth-order valence-electron chi connectivity index (χ4n) is 2.94. The lowest BCUT2D eigenvalue weighted by Crippen LogP contribution is -2.10. The number of nitrogens with one attached hydrogen (secondary N) is 2. The number of rotatable bonds is 1. The first-order valence-electron chi connectivity index (χ1n) is 6.77. The third kappa shape index (κ3) is 1.42. The van der Waals surface area contributed by atoms with Crippen molar-refractivity contribution in [2.75, 3.05) is 5.32 Å². The maximum absolute atomic E-state index is 4.35. The van der Waals surface area contributed by atoms with Crippen LogP contribution >= 0.6 is 0 Å². The third-order valence-corrected chi connectivity index (χ3v) is 3.94. The molecule has 0 spiro atoms. The van der Waals surface area contributed by atoms with E-state index >= 15 is 0 Å². The molecule has 1 aliphatic heterocycles. The molecule has 1 atom stereocenters. The van der Waals surface area contributed by atoms with E-state index in [2.05, 4.69) is 48.7 Å². The van der Waals surface area contributed by atoms with Crippen molar-refractivity contribution >= 4 is 22.5 Å². The number of aromatic nitrogens is 6. The van der Waals surface area contributed by atoms with Crippen LogP contribution in [-0.2, 0) is 6.42 Å². The Hall–Kier alpha value is -2.96. The van der Waals surface area contributed by atoms with Gasteiger partial charge in [-0.2, -0.15) is 0 Å². The molecule has 1 aliphatic rings. The van der Waals surface area contributed by atoms with Gasteiger partial charge < -0.3 is 10.3 Å². The monoisotopic (exact) mass is 277 g/mol. The average Bonchev–Trinajstić information content (AvgIpc) is 3.22. The maximum atomic E-state index is 4.35. The highest BCUT2D eigenvalue weighted by atomic mass is 15.3. The van der Waals surface area contributed by atoms with E-state index in [9.17, 15) is 0 Å². The first-order valence-corrected chi connectivity index (χ1v) is 6.77. The zero-order valence-corrected chi connectivity index (χ0v) is 11.0. The minimum absolute atomic E-state index is 0.111. The van der Waals surface area contributed by atoms with Crippen LogP contribution in [0, 0.1) is 0 Å². The Morgan fingerprint density at radius 2 is 2.10 bits per heavy atom. The Kier molecular flexibility index (Phi) is 1.94. The highest BCUT2D eigenvalue weighted by molar-refractivity contribution is 5.84. The molecule has 0 saturated heterocycles. The highest BCUT2D eigenvalue weighted by Gasteiger charge is 2.26. The van der Waals surface area contributed by atoms with Crippen LogP contribution in [0.15, 0.2) is 36.9 Å². The van der Waals surface area contributed by atoms with Gasteiger partial charge in [0.05, 0.1) is 12.4 Å². The van der Waals surface area contributed by atoms with Crippen molar-refractivity contribution in [3.05, 3.63) is 48.3 Å². The Balaban J connectivity index is 1.66. The molecule has 0 saturated carbocycles. The normalized spacial score (nSPS) is 17.2. The summed E-state index contributed by atoms with van der Waals surface area (Å²) < 4.78 is 1.92. The first kappa shape index (κ1) is 10.8. The molecule has 0 bridgehead atoms. The van der Waals surface area contributed by atoms with Crippen molar-refractivity contribution < 1.29 is 0 Å². The van der Waals surface area contributed by atoms with Gasteiger partial charge in [-0.3, -0.25) is 4.40 Å². The molecule has 102 valence electrons. The molecule has 0 amide bonds. The molecule has 4 aromatic rings. The lowest BCUT2D eigenvalue weighted by molar-refractivity contribution is 0.731. The molecule has 4 heterocycles. The number of benzene rings is 1. The molecule has 7 heteroatoms. The van der Waals surface area contributed by atoms with Crippen LogP contribution in [0.3, 0.4) is 0 Å². The van der Waals surface area contributed by atoms with Crippen molar-refractivity contribution in [3.63, 3.8) is 0 Å². The third-order valence-electron chi connectivity index (χ3n) is 3.94. The molecule has 0 aliphatic carbocycles. The number of imidazole rings is 1. The summed E-state index contributed by atoms with van der Waals surface area (Å²) in [5.41, 5.74) is 4.69. The first-order chi connectivity index (χ1) is 10.4. The minimum atomic E-state index is 0.111. The van der Waals surface area contributed by atoms with Crippen LogP contribution < -0.4 is 5.32 Å². The zero-order chi connectivity index (χ0) is 13.8. The summed E-state index contributed by atoms with van der Waals surface area (Å²) in [6.07, 6.45) is 4.26. The second kappa shape index (κ2) is 3.78. The number of aromatic amines is 1. The second-order valence-corrected chi connectivity index (χ2v) is 5.16. The molecule has 5 rings (SSSR count).